The first kappa shape index (κ1) is 20.7. The summed E-state index contributed by atoms with van der Waals surface area (Å²) < 4.78 is 10.9. The van der Waals surface area contributed by atoms with Crippen LogP contribution in [0.1, 0.15) is 24.8 Å². The highest BCUT2D eigenvalue weighted by Crippen LogP contribution is 2.20. The van der Waals surface area contributed by atoms with Gasteiger partial charge in [-0.25, -0.2) is 0 Å². The third kappa shape index (κ3) is 5.98. The number of ether oxygens (including phenoxy) is 2. The lowest BCUT2D eigenvalue weighted by atomic mass is 9.95. The van der Waals surface area contributed by atoms with Gasteiger partial charge in [0.2, 0.25) is 11.8 Å². The normalized spacial score (nSPS) is 14.3. The lowest BCUT2D eigenvalue weighted by molar-refractivity contribution is -0.136. The lowest BCUT2D eigenvalue weighted by Gasteiger charge is -2.31. The van der Waals surface area contributed by atoms with Crippen LogP contribution < -0.4 is 14.8 Å². The first-order valence-electron chi connectivity index (χ1n) is 10.0. The molecule has 1 heterocycles. The van der Waals surface area contributed by atoms with Gasteiger partial charge >= 0.3 is 0 Å². The van der Waals surface area contributed by atoms with E-state index in [-0.39, 0.29) is 17.7 Å². The maximum absolute atomic E-state index is 12.5. The number of hydrogen-bond acceptors (Lipinski definition) is 4. The molecule has 0 aromatic heterocycles. The fourth-order valence-corrected chi connectivity index (χ4v) is 3.50. The molecule has 0 bridgehead atoms. The Balaban J connectivity index is 1.38. The second kappa shape index (κ2) is 10.5. The van der Waals surface area contributed by atoms with Gasteiger partial charge in [-0.3, -0.25) is 9.59 Å². The van der Waals surface area contributed by atoms with E-state index in [1.807, 2.05) is 59.5 Å². The van der Waals surface area contributed by atoms with Gasteiger partial charge in [0.05, 0.1) is 20.1 Å². The molecule has 0 aliphatic carbocycles. The Morgan fingerprint density at radius 1 is 1.03 bits per heavy atom. The van der Waals surface area contributed by atoms with Gasteiger partial charge in [0.15, 0.2) is 0 Å². The van der Waals surface area contributed by atoms with Crippen molar-refractivity contribution in [2.24, 2.45) is 5.92 Å². The van der Waals surface area contributed by atoms with Crippen molar-refractivity contribution in [3.8, 4) is 11.5 Å². The van der Waals surface area contributed by atoms with Gasteiger partial charge in [-0.15, -0.1) is 0 Å². The summed E-state index contributed by atoms with van der Waals surface area (Å²) in [6, 6.07) is 17.1. The summed E-state index contributed by atoms with van der Waals surface area (Å²) >= 11 is 0. The molecule has 6 nitrogen and oxygen atoms in total. The van der Waals surface area contributed by atoms with E-state index in [2.05, 4.69) is 5.32 Å². The number of carbonyl (C=O) groups excluding carboxylic acids is 2. The molecule has 29 heavy (non-hydrogen) atoms. The van der Waals surface area contributed by atoms with E-state index in [0.29, 0.717) is 45.5 Å². The first-order valence-corrected chi connectivity index (χ1v) is 10.0. The molecule has 0 spiro atoms. The summed E-state index contributed by atoms with van der Waals surface area (Å²) in [5, 5.41) is 3.00. The quantitative estimate of drug-likeness (QED) is 0.745. The van der Waals surface area contributed by atoms with E-state index in [0.717, 1.165) is 17.1 Å². The molecule has 6 heteroatoms. The molecule has 2 aromatic carbocycles. The van der Waals surface area contributed by atoms with E-state index in [9.17, 15) is 9.59 Å². The monoisotopic (exact) mass is 396 g/mol. The van der Waals surface area contributed by atoms with E-state index < -0.39 is 0 Å². The Morgan fingerprint density at radius 2 is 1.72 bits per heavy atom. The van der Waals surface area contributed by atoms with Crippen LogP contribution in [0, 0.1) is 5.92 Å². The zero-order chi connectivity index (χ0) is 20.5. The van der Waals surface area contributed by atoms with Crippen LogP contribution in [0.2, 0.25) is 0 Å². The van der Waals surface area contributed by atoms with Crippen molar-refractivity contribution >= 4 is 11.8 Å². The molecule has 3 rings (SSSR count). The number of carbonyl (C=O) groups is 2. The number of nitrogens with one attached hydrogen (secondary N) is 1. The van der Waals surface area contributed by atoms with Gasteiger partial charge in [-0.1, -0.05) is 36.4 Å². The SMILES string of the molecule is COc1ccccc1CNC(=O)C1CCN(C(=O)CCOc2ccccc2)CC1. The predicted octanol–water partition coefficient (Wildman–Crippen LogP) is 3.02. The number of methoxy groups -OCH3 is 1. The fourth-order valence-electron chi connectivity index (χ4n) is 3.50. The topological polar surface area (TPSA) is 67.9 Å². The zero-order valence-electron chi connectivity index (χ0n) is 16.8. The van der Waals surface area contributed by atoms with Crippen LogP contribution in [0.3, 0.4) is 0 Å². The number of rotatable bonds is 8. The van der Waals surface area contributed by atoms with Crippen LogP contribution in [0.5, 0.6) is 11.5 Å². The smallest absolute Gasteiger partial charge is 0.225 e. The molecule has 0 unspecified atom stereocenters. The summed E-state index contributed by atoms with van der Waals surface area (Å²) in [6.07, 6.45) is 1.71. The van der Waals surface area contributed by atoms with Gasteiger partial charge in [-0.05, 0) is 31.0 Å². The van der Waals surface area contributed by atoms with Crippen molar-refractivity contribution < 1.29 is 19.1 Å². The summed E-state index contributed by atoms with van der Waals surface area (Å²) in [7, 11) is 1.62. The average molecular weight is 396 g/mol. The predicted molar refractivity (Wildman–Crippen MR) is 111 cm³/mol. The summed E-state index contributed by atoms with van der Waals surface area (Å²) in [5.41, 5.74) is 0.953. The van der Waals surface area contributed by atoms with Gasteiger partial charge < -0.3 is 19.7 Å². The van der Waals surface area contributed by atoms with Gasteiger partial charge in [0.1, 0.15) is 11.5 Å². The van der Waals surface area contributed by atoms with Crippen molar-refractivity contribution in [3.05, 3.63) is 60.2 Å². The first-order chi connectivity index (χ1) is 14.2. The maximum atomic E-state index is 12.5. The molecule has 154 valence electrons. The summed E-state index contributed by atoms with van der Waals surface area (Å²) in [6.45, 7) is 2.02. The van der Waals surface area contributed by atoms with Crippen molar-refractivity contribution in [1.29, 1.82) is 0 Å². The lowest BCUT2D eigenvalue weighted by Crippen LogP contribution is -2.43. The van der Waals surface area contributed by atoms with Gasteiger partial charge in [0.25, 0.3) is 0 Å². The van der Waals surface area contributed by atoms with Crippen LogP contribution in [-0.4, -0.2) is 43.5 Å². The van der Waals surface area contributed by atoms with E-state index in [1.54, 1.807) is 7.11 Å². The Morgan fingerprint density at radius 3 is 2.45 bits per heavy atom. The van der Waals surface area contributed by atoms with E-state index in [4.69, 9.17) is 9.47 Å². The minimum atomic E-state index is -0.0608. The highest BCUT2D eigenvalue weighted by atomic mass is 16.5. The van der Waals surface area contributed by atoms with E-state index in [1.165, 1.54) is 0 Å². The third-order valence-electron chi connectivity index (χ3n) is 5.19. The molecule has 0 saturated carbocycles. The Labute approximate surface area is 171 Å². The van der Waals surface area contributed by atoms with Crippen molar-refractivity contribution in [2.75, 3.05) is 26.8 Å². The molecule has 1 aliphatic rings. The third-order valence-corrected chi connectivity index (χ3v) is 5.19. The number of piperidine rings is 1. The highest BCUT2D eigenvalue weighted by Gasteiger charge is 2.27. The molecule has 1 N–H and O–H groups in total. The van der Waals surface area contributed by atoms with Crippen LogP contribution in [0.15, 0.2) is 54.6 Å². The van der Waals surface area contributed by atoms with Crippen LogP contribution in [0.4, 0.5) is 0 Å². The second-order valence-corrected chi connectivity index (χ2v) is 7.10. The molecule has 0 radical (unpaired) electrons. The number of hydrogen-bond donors (Lipinski definition) is 1. The number of nitrogens with zero attached hydrogens (tertiary/aromatic N) is 1. The Kier molecular flexibility index (Phi) is 7.50. The van der Waals surface area contributed by atoms with Crippen LogP contribution in [0.25, 0.3) is 0 Å². The number of amides is 2. The molecule has 1 aliphatic heterocycles. The van der Waals surface area contributed by atoms with E-state index >= 15 is 0 Å². The number of likely N-dealkylation sites (tertiary alicyclic amines) is 1. The van der Waals surface area contributed by atoms with Crippen LogP contribution >= 0.6 is 0 Å². The molecule has 1 fully saturated rings. The van der Waals surface area contributed by atoms with Gasteiger partial charge in [0, 0.05) is 31.1 Å². The molecular formula is C23H28N2O4. The Hall–Kier alpha value is -3.02. The number of para-hydroxylation sites is 2. The Bertz CT molecular complexity index is 802. The maximum Gasteiger partial charge on any atom is 0.225 e. The minimum Gasteiger partial charge on any atom is -0.496 e. The highest BCUT2D eigenvalue weighted by molar-refractivity contribution is 5.80. The fraction of sp³-hybridized carbons (Fsp3) is 0.391. The minimum absolute atomic E-state index is 0.0374. The van der Waals surface area contributed by atoms with Crippen LogP contribution in [-0.2, 0) is 16.1 Å². The van der Waals surface area contributed by atoms with Crippen molar-refractivity contribution in [3.63, 3.8) is 0 Å². The molecule has 0 atom stereocenters. The number of benzene rings is 2. The van der Waals surface area contributed by atoms with Gasteiger partial charge in [-0.2, -0.15) is 0 Å². The molecule has 2 amide bonds. The molecule has 1 saturated heterocycles. The standard InChI is InChI=1S/C23H28N2O4/c1-28-21-10-6-5-7-19(21)17-24-23(27)18-11-14-25(15-12-18)22(26)13-16-29-20-8-3-2-4-9-20/h2-10,18H,11-17H2,1H3,(H,24,27). The van der Waals surface area contributed by atoms with Crippen molar-refractivity contribution in [1.82, 2.24) is 10.2 Å². The largest absolute Gasteiger partial charge is 0.496 e. The molecule has 2 aromatic rings. The summed E-state index contributed by atoms with van der Waals surface area (Å²) in [5.74, 6) is 1.59. The summed E-state index contributed by atoms with van der Waals surface area (Å²) in [4.78, 5) is 26.7. The molecular weight excluding hydrogens is 368 g/mol. The average Bonchev–Trinajstić information content (AvgIpc) is 2.78. The zero-order valence-corrected chi connectivity index (χ0v) is 16.8. The van der Waals surface area contributed by atoms with Crippen molar-refractivity contribution in [2.45, 2.75) is 25.8 Å². The second-order valence-electron chi connectivity index (χ2n) is 7.10.